The Kier molecular flexibility index (Phi) is 6.14. The van der Waals surface area contributed by atoms with Gasteiger partial charge in [0.05, 0.1) is 12.8 Å². The fourth-order valence-electron chi connectivity index (χ4n) is 2.53. The summed E-state index contributed by atoms with van der Waals surface area (Å²) in [4.78, 5) is 12.5. The summed E-state index contributed by atoms with van der Waals surface area (Å²) >= 11 is 3.42. The van der Waals surface area contributed by atoms with E-state index in [0.717, 1.165) is 10.0 Å². The number of benzene rings is 3. The zero-order valence-electron chi connectivity index (χ0n) is 15.2. The molecule has 0 aliphatic carbocycles. The maximum atomic E-state index is 12.5. The van der Waals surface area contributed by atoms with Crippen LogP contribution in [0, 0.1) is 6.92 Å². The van der Waals surface area contributed by atoms with Crippen LogP contribution in [0.1, 0.15) is 21.5 Å². The van der Waals surface area contributed by atoms with Crippen molar-refractivity contribution in [3.63, 3.8) is 0 Å². The number of rotatable bonds is 6. The summed E-state index contributed by atoms with van der Waals surface area (Å²) in [5.74, 6) is 0.891. The van der Waals surface area contributed by atoms with Crippen molar-refractivity contribution in [3.8, 4) is 11.5 Å². The van der Waals surface area contributed by atoms with Crippen LogP contribution in [0.5, 0.6) is 11.5 Å². The highest BCUT2D eigenvalue weighted by Crippen LogP contribution is 2.30. The molecule has 3 rings (SSSR count). The number of anilines is 1. The van der Waals surface area contributed by atoms with Gasteiger partial charge < -0.3 is 14.8 Å². The molecule has 0 aliphatic rings. The Hall–Kier alpha value is -2.79. The quantitative estimate of drug-likeness (QED) is 0.559. The van der Waals surface area contributed by atoms with Gasteiger partial charge in [-0.15, -0.1) is 0 Å². The molecule has 0 aromatic heterocycles. The molecule has 0 heterocycles. The Morgan fingerprint density at radius 3 is 2.44 bits per heavy atom. The lowest BCUT2D eigenvalue weighted by atomic mass is 10.1. The van der Waals surface area contributed by atoms with E-state index in [0.29, 0.717) is 29.4 Å². The van der Waals surface area contributed by atoms with E-state index in [1.54, 1.807) is 25.3 Å². The van der Waals surface area contributed by atoms with E-state index in [2.05, 4.69) is 21.2 Å². The molecule has 0 spiro atoms. The topological polar surface area (TPSA) is 47.6 Å². The summed E-state index contributed by atoms with van der Waals surface area (Å²) in [6.07, 6.45) is 0. The van der Waals surface area contributed by atoms with Gasteiger partial charge in [0.2, 0.25) is 0 Å². The number of methoxy groups -OCH3 is 1. The van der Waals surface area contributed by atoms with Crippen LogP contribution in [0.2, 0.25) is 0 Å². The fourth-order valence-corrected chi connectivity index (χ4v) is 2.91. The minimum absolute atomic E-state index is 0.217. The first-order chi connectivity index (χ1) is 13.1. The molecule has 0 saturated heterocycles. The van der Waals surface area contributed by atoms with Gasteiger partial charge in [-0.2, -0.15) is 0 Å². The van der Waals surface area contributed by atoms with Crippen molar-refractivity contribution in [2.75, 3.05) is 12.4 Å². The first-order valence-electron chi connectivity index (χ1n) is 8.49. The van der Waals surface area contributed by atoms with Gasteiger partial charge in [0.25, 0.3) is 5.91 Å². The number of halogens is 1. The Labute approximate surface area is 167 Å². The molecule has 0 atom stereocenters. The highest BCUT2D eigenvalue weighted by atomic mass is 79.9. The van der Waals surface area contributed by atoms with Crippen LogP contribution in [0.4, 0.5) is 5.69 Å². The van der Waals surface area contributed by atoms with Crippen molar-refractivity contribution in [1.82, 2.24) is 0 Å². The zero-order valence-corrected chi connectivity index (χ0v) is 16.7. The van der Waals surface area contributed by atoms with E-state index in [4.69, 9.17) is 9.47 Å². The summed E-state index contributed by atoms with van der Waals surface area (Å²) in [6.45, 7) is 2.48. The van der Waals surface area contributed by atoms with Crippen molar-refractivity contribution < 1.29 is 14.3 Å². The summed E-state index contributed by atoms with van der Waals surface area (Å²) in [7, 11) is 1.56. The zero-order chi connectivity index (χ0) is 19.2. The van der Waals surface area contributed by atoms with Gasteiger partial charge in [-0.3, -0.25) is 4.79 Å². The molecule has 3 aromatic carbocycles. The maximum absolute atomic E-state index is 12.5. The number of aryl methyl sites for hydroxylation is 1. The maximum Gasteiger partial charge on any atom is 0.255 e. The second kappa shape index (κ2) is 8.73. The second-order valence-electron chi connectivity index (χ2n) is 6.07. The Morgan fingerprint density at radius 1 is 1.00 bits per heavy atom. The molecular weight excluding hydrogens is 406 g/mol. The predicted molar refractivity (Wildman–Crippen MR) is 111 cm³/mol. The van der Waals surface area contributed by atoms with E-state index < -0.39 is 0 Å². The third kappa shape index (κ3) is 4.89. The Bertz CT molecular complexity index is 939. The smallest absolute Gasteiger partial charge is 0.255 e. The van der Waals surface area contributed by atoms with Crippen LogP contribution in [0.25, 0.3) is 0 Å². The van der Waals surface area contributed by atoms with Crippen molar-refractivity contribution in [2.45, 2.75) is 13.5 Å². The SMILES string of the molecule is COc1cc(C(=O)Nc2ccccc2Br)ccc1OCc1ccc(C)cc1. The highest BCUT2D eigenvalue weighted by molar-refractivity contribution is 9.10. The summed E-state index contributed by atoms with van der Waals surface area (Å²) < 4.78 is 12.1. The van der Waals surface area contributed by atoms with Gasteiger partial charge >= 0.3 is 0 Å². The molecule has 0 fully saturated rings. The van der Waals surface area contributed by atoms with Crippen molar-refractivity contribution >= 4 is 27.5 Å². The molecule has 0 unspecified atom stereocenters. The van der Waals surface area contributed by atoms with Crippen LogP contribution in [0.15, 0.2) is 71.2 Å². The van der Waals surface area contributed by atoms with Gasteiger partial charge in [0, 0.05) is 10.0 Å². The predicted octanol–water partition coefficient (Wildman–Crippen LogP) is 5.60. The number of para-hydroxylation sites is 1. The van der Waals surface area contributed by atoms with Gasteiger partial charge in [-0.25, -0.2) is 0 Å². The van der Waals surface area contributed by atoms with Crippen LogP contribution in [0.3, 0.4) is 0 Å². The molecule has 0 saturated carbocycles. The monoisotopic (exact) mass is 425 g/mol. The standard InChI is InChI=1S/C22H20BrNO3/c1-15-7-9-16(10-8-15)14-27-20-12-11-17(13-21(20)26-2)22(25)24-19-6-4-3-5-18(19)23/h3-13H,14H2,1-2H3,(H,24,25). The number of ether oxygens (including phenoxy) is 2. The summed E-state index contributed by atoms with van der Waals surface area (Å²) in [5, 5.41) is 2.88. The molecule has 0 bridgehead atoms. The Balaban J connectivity index is 1.72. The lowest BCUT2D eigenvalue weighted by molar-refractivity contribution is 0.102. The molecule has 0 radical (unpaired) electrons. The van der Waals surface area contributed by atoms with E-state index in [-0.39, 0.29) is 5.91 Å². The number of amides is 1. The lowest BCUT2D eigenvalue weighted by Crippen LogP contribution is -2.12. The van der Waals surface area contributed by atoms with E-state index >= 15 is 0 Å². The number of hydrogen-bond acceptors (Lipinski definition) is 3. The van der Waals surface area contributed by atoms with Crippen molar-refractivity contribution in [3.05, 3.63) is 87.9 Å². The third-order valence-corrected chi connectivity index (χ3v) is 4.75. The fraction of sp³-hybridized carbons (Fsp3) is 0.136. The molecule has 1 amide bonds. The minimum atomic E-state index is -0.217. The normalized spacial score (nSPS) is 10.3. The van der Waals surface area contributed by atoms with E-state index in [9.17, 15) is 4.79 Å². The van der Waals surface area contributed by atoms with Crippen LogP contribution in [-0.4, -0.2) is 13.0 Å². The summed E-state index contributed by atoms with van der Waals surface area (Å²) in [6, 6.07) is 20.8. The first kappa shape index (κ1) is 19.0. The highest BCUT2D eigenvalue weighted by Gasteiger charge is 2.12. The second-order valence-corrected chi connectivity index (χ2v) is 6.93. The average molecular weight is 426 g/mol. The van der Waals surface area contributed by atoms with E-state index in [1.807, 2.05) is 55.5 Å². The third-order valence-electron chi connectivity index (χ3n) is 4.06. The van der Waals surface area contributed by atoms with E-state index in [1.165, 1.54) is 5.56 Å². The van der Waals surface area contributed by atoms with Crippen LogP contribution < -0.4 is 14.8 Å². The largest absolute Gasteiger partial charge is 0.493 e. The molecule has 4 nitrogen and oxygen atoms in total. The number of carbonyl (C=O) groups is 1. The molecule has 5 heteroatoms. The number of nitrogens with one attached hydrogen (secondary N) is 1. The van der Waals surface area contributed by atoms with Crippen molar-refractivity contribution in [2.24, 2.45) is 0 Å². The van der Waals surface area contributed by atoms with Gasteiger partial charge in [-0.05, 0) is 58.7 Å². The molecule has 3 aromatic rings. The molecule has 27 heavy (non-hydrogen) atoms. The van der Waals surface area contributed by atoms with Crippen LogP contribution >= 0.6 is 15.9 Å². The minimum Gasteiger partial charge on any atom is -0.493 e. The van der Waals surface area contributed by atoms with Crippen LogP contribution in [-0.2, 0) is 6.61 Å². The lowest BCUT2D eigenvalue weighted by Gasteiger charge is -2.13. The van der Waals surface area contributed by atoms with Gasteiger partial charge in [-0.1, -0.05) is 42.0 Å². The number of carbonyl (C=O) groups excluding carboxylic acids is 1. The van der Waals surface area contributed by atoms with Gasteiger partial charge in [0.15, 0.2) is 11.5 Å². The molecular formula is C22H20BrNO3. The summed E-state index contributed by atoms with van der Waals surface area (Å²) in [5.41, 5.74) is 3.47. The number of hydrogen-bond donors (Lipinski definition) is 1. The molecule has 1 N–H and O–H groups in total. The molecule has 138 valence electrons. The van der Waals surface area contributed by atoms with Gasteiger partial charge in [0.1, 0.15) is 6.61 Å². The first-order valence-corrected chi connectivity index (χ1v) is 9.28. The molecule has 0 aliphatic heterocycles. The van der Waals surface area contributed by atoms with Crippen molar-refractivity contribution in [1.29, 1.82) is 0 Å². The Morgan fingerprint density at radius 2 is 1.74 bits per heavy atom. The average Bonchev–Trinajstić information content (AvgIpc) is 2.69.